The Kier molecular flexibility index (Phi) is 7.40. The zero-order valence-electron chi connectivity index (χ0n) is 20.3. The number of allylic oxidation sites excluding steroid dienone is 4. The first-order valence-corrected chi connectivity index (χ1v) is 13.3. The molecule has 1 heterocycles. The SMILES string of the molecule is O=C(O)CCN1C2=C(C(=O)CCC2)C(c2cc(Cl)ccc2OCc2cccc(Cl)c2)C2=C1CCCC2=O. The fourth-order valence-electron chi connectivity index (χ4n) is 5.67. The highest BCUT2D eigenvalue weighted by molar-refractivity contribution is 6.31. The van der Waals surface area contributed by atoms with Crippen LogP contribution in [0.3, 0.4) is 0 Å². The molecule has 0 fully saturated rings. The molecule has 0 saturated carbocycles. The smallest absolute Gasteiger partial charge is 0.305 e. The van der Waals surface area contributed by atoms with E-state index in [1.807, 2.05) is 23.1 Å². The number of benzene rings is 2. The number of carboxylic acid groups (broad SMARTS) is 1. The van der Waals surface area contributed by atoms with Gasteiger partial charge in [0.25, 0.3) is 0 Å². The highest BCUT2D eigenvalue weighted by Gasteiger charge is 2.44. The topological polar surface area (TPSA) is 83.9 Å². The lowest BCUT2D eigenvalue weighted by Crippen LogP contribution is -2.40. The van der Waals surface area contributed by atoms with Crippen molar-refractivity contribution in [2.45, 2.75) is 57.5 Å². The van der Waals surface area contributed by atoms with Gasteiger partial charge in [-0.1, -0.05) is 35.3 Å². The third kappa shape index (κ3) is 5.18. The van der Waals surface area contributed by atoms with Crippen molar-refractivity contribution in [2.24, 2.45) is 0 Å². The zero-order chi connectivity index (χ0) is 26.1. The van der Waals surface area contributed by atoms with Crippen LogP contribution in [0.1, 0.15) is 62.0 Å². The summed E-state index contributed by atoms with van der Waals surface area (Å²) in [6, 6.07) is 12.7. The molecule has 1 N–H and O–H groups in total. The Balaban J connectivity index is 1.63. The van der Waals surface area contributed by atoms with Gasteiger partial charge in [-0.05, 0) is 61.6 Å². The van der Waals surface area contributed by atoms with Crippen LogP contribution in [0.15, 0.2) is 65.0 Å². The molecule has 5 rings (SSSR count). The molecule has 3 aliphatic rings. The predicted molar refractivity (Wildman–Crippen MR) is 141 cm³/mol. The van der Waals surface area contributed by atoms with Gasteiger partial charge < -0.3 is 14.7 Å². The van der Waals surface area contributed by atoms with E-state index in [1.165, 1.54) is 0 Å². The van der Waals surface area contributed by atoms with Gasteiger partial charge in [-0.3, -0.25) is 14.4 Å². The van der Waals surface area contributed by atoms with Crippen molar-refractivity contribution in [1.29, 1.82) is 0 Å². The predicted octanol–water partition coefficient (Wildman–Crippen LogP) is 6.46. The zero-order valence-corrected chi connectivity index (χ0v) is 21.8. The molecule has 192 valence electrons. The lowest BCUT2D eigenvalue weighted by Gasteiger charge is -2.44. The summed E-state index contributed by atoms with van der Waals surface area (Å²) >= 11 is 12.6. The van der Waals surface area contributed by atoms with E-state index in [4.69, 9.17) is 27.9 Å². The second-order valence-electron chi connectivity index (χ2n) is 9.60. The number of carbonyl (C=O) groups excluding carboxylic acids is 2. The van der Waals surface area contributed by atoms with Crippen LogP contribution in [-0.4, -0.2) is 34.1 Å². The maximum absolute atomic E-state index is 13.5. The highest BCUT2D eigenvalue weighted by atomic mass is 35.5. The molecule has 0 atom stereocenters. The summed E-state index contributed by atoms with van der Waals surface area (Å²) in [5.74, 6) is -1.000. The van der Waals surface area contributed by atoms with E-state index in [2.05, 4.69) is 0 Å². The normalized spacial score (nSPS) is 18.2. The molecule has 0 amide bonds. The molecular formula is C29H27Cl2NO5. The lowest BCUT2D eigenvalue weighted by atomic mass is 9.70. The summed E-state index contributed by atoms with van der Waals surface area (Å²) in [6.07, 6.45) is 3.39. The second kappa shape index (κ2) is 10.7. The number of hydrogen-bond acceptors (Lipinski definition) is 5. The van der Waals surface area contributed by atoms with E-state index < -0.39 is 11.9 Å². The van der Waals surface area contributed by atoms with Crippen molar-refractivity contribution in [3.8, 4) is 5.75 Å². The van der Waals surface area contributed by atoms with Gasteiger partial charge in [0.05, 0.1) is 6.42 Å². The minimum Gasteiger partial charge on any atom is -0.489 e. The number of Topliss-reactive ketones (excluding diaryl/α,β-unsaturated/α-hetero) is 2. The molecular weight excluding hydrogens is 513 g/mol. The summed E-state index contributed by atoms with van der Waals surface area (Å²) in [7, 11) is 0. The first kappa shape index (κ1) is 25.6. The van der Waals surface area contributed by atoms with E-state index in [1.54, 1.807) is 24.3 Å². The Labute approximate surface area is 225 Å². The largest absolute Gasteiger partial charge is 0.489 e. The first-order valence-electron chi connectivity index (χ1n) is 12.5. The highest BCUT2D eigenvalue weighted by Crippen LogP contribution is 2.51. The summed E-state index contributed by atoms with van der Waals surface area (Å²) in [4.78, 5) is 40.3. The van der Waals surface area contributed by atoms with E-state index in [-0.39, 0.29) is 31.1 Å². The van der Waals surface area contributed by atoms with Crippen molar-refractivity contribution in [1.82, 2.24) is 4.90 Å². The molecule has 6 nitrogen and oxygen atoms in total. The van der Waals surface area contributed by atoms with Gasteiger partial charge in [0, 0.05) is 63.5 Å². The first-order chi connectivity index (χ1) is 17.8. The van der Waals surface area contributed by atoms with Gasteiger partial charge in [-0.2, -0.15) is 0 Å². The van der Waals surface area contributed by atoms with Crippen LogP contribution in [0.4, 0.5) is 0 Å². The number of rotatable bonds is 7. The molecule has 1 aliphatic heterocycles. The molecule has 2 aromatic rings. The second-order valence-corrected chi connectivity index (χ2v) is 10.5. The number of halogens is 2. The Hall–Kier alpha value is -3.09. The van der Waals surface area contributed by atoms with E-state index in [0.29, 0.717) is 71.0 Å². The van der Waals surface area contributed by atoms with E-state index in [0.717, 1.165) is 17.0 Å². The summed E-state index contributed by atoms with van der Waals surface area (Å²) < 4.78 is 6.25. The summed E-state index contributed by atoms with van der Waals surface area (Å²) in [5, 5.41) is 10.5. The number of hydrogen-bond donors (Lipinski definition) is 1. The molecule has 0 unspecified atom stereocenters. The van der Waals surface area contributed by atoms with Gasteiger partial charge in [-0.15, -0.1) is 0 Å². The fraction of sp³-hybridized carbons (Fsp3) is 0.345. The number of aliphatic carboxylic acids is 1. The minimum atomic E-state index is -0.915. The van der Waals surface area contributed by atoms with Gasteiger partial charge in [-0.25, -0.2) is 0 Å². The quantitative estimate of drug-likeness (QED) is 0.434. The molecule has 2 aliphatic carbocycles. The molecule has 0 radical (unpaired) electrons. The Morgan fingerprint density at radius 1 is 0.919 bits per heavy atom. The van der Waals surface area contributed by atoms with Crippen molar-refractivity contribution >= 4 is 40.7 Å². The fourth-order valence-corrected chi connectivity index (χ4v) is 6.06. The number of ether oxygens (including phenoxy) is 1. The van der Waals surface area contributed by atoms with Crippen LogP contribution in [0.2, 0.25) is 10.0 Å². The molecule has 0 saturated heterocycles. The third-order valence-corrected chi connectivity index (χ3v) is 7.67. The van der Waals surface area contributed by atoms with Gasteiger partial charge in [0.15, 0.2) is 11.6 Å². The van der Waals surface area contributed by atoms with E-state index >= 15 is 0 Å². The number of carbonyl (C=O) groups is 3. The van der Waals surface area contributed by atoms with Crippen molar-refractivity contribution in [3.05, 3.63) is 86.2 Å². The Bertz CT molecular complexity index is 1300. The van der Waals surface area contributed by atoms with Gasteiger partial charge >= 0.3 is 5.97 Å². The maximum atomic E-state index is 13.5. The van der Waals surface area contributed by atoms with Crippen LogP contribution >= 0.6 is 23.2 Å². The average Bonchev–Trinajstić information content (AvgIpc) is 2.86. The monoisotopic (exact) mass is 539 g/mol. The number of carboxylic acids is 1. The van der Waals surface area contributed by atoms with Gasteiger partial charge in [0.2, 0.25) is 0 Å². The molecule has 8 heteroatoms. The Morgan fingerprint density at radius 3 is 2.19 bits per heavy atom. The molecule has 0 aromatic heterocycles. The maximum Gasteiger partial charge on any atom is 0.305 e. The van der Waals surface area contributed by atoms with Crippen LogP contribution in [0, 0.1) is 0 Å². The van der Waals surface area contributed by atoms with Crippen LogP contribution in [-0.2, 0) is 21.0 Å². The Morgan fingerprint density at radius 2 is 1.57 bits per heavy atom. The van der Waals surface area contributed by atoms with Crippen LogP contribution in [0.25, 0.3) is 0 Å². The van der Waals surface area contributed by atoms with Crippen LogP contribution < -0.4 is 4.74 Å². The number of ketones is 2. The standard InChI is InChI=1S/C29H27Cl2NO5/c30-18-5-1-4-17(14-18)16-37-25-11-10-19(31)15-20(25)27-28-21(6-2-8-23(28)33)32(13-12-26(35)36)22-7-3-9-24(34)29(22)27/h1,4-5,10-11,14-15,27H,2-3,6-9,12-13,16H2,(H,35,36). The van der Waals surface area contributed by atoms with Gasteiger partial charge in [0.1, 0.15) is 12.4 Å². The average molecular weight is 540 g/mol. The molecule has 0 bridgehead atoms. The van der Waals surface area contributed by atoms with E-state index in [9.17, 15) is 19.5 Å². The third-order valence-electron chi connectivity index (χ3n) is 7.20. The number of nitrogens with zero attached hydrogens (tertiary/aromatic N) is 1. The summed E-state index contributed by atoms with van der Waals surface area (Å²) in [5.41, 5.74) is 4.37. The minimum absolute atomic E-state index is 0.0164. The summed E-state index contributed by atoms with van der Waals surface area (Å²) in [6.45, 7) is 0.486. The lowest BCUT2D eigenvalue weighted by molar-refractivity contribution is -0.137. The van der Waals surface area contributed by atoms with Crippen molar-refractivity contribution < 1.29 is 24.2 Å². The molecule has 37 heavy (non-hydrogen) atoms. The van der Waals surface area contributed by atoms with Crippen molar-refractivity contribution in [2.75, 3.05) is 6.54 Å². The van der Waals surface area contributed by atoms with Crippen molar-refractivity contribution in [3.63, 3.8) is 0 Å². The van der Waals surface area contributed by atoms with Crippen LogP contribution in [0.5, 0.6) is 5.75 Å². The molecule has 0 spiro atoms. The molecule has 2 aromatic carbocycles.